The number of carbonyl (C=O) groups is 2. The molecule has 0 aromatic carbocycles. The number of aliphatic hydroxyl groups is 4. The molecule has 0 aromatic rings. The summed E-state index contributed by atoms with van der Waals surface area (Å²) in [6.07, 6.45) is -1.84. The van der Waals surface area contributed by atoms with E-state index in [0.717, 1.165) is 0 Å². The summed E-state index contributed by atoms with van der Waals surface area (Å²) in [6.45, 7) is -0.368. The van der Waals surface area contributed by atoms with E-state index in [1.807, 2.05) is 0 Å². The third-order valence-corrected chi connectivity index (χ3v) is 3.27. The molecule has 9 nitrogen and oxygen atoms in total. The lowest BCUT2D eigenvalue weighted by Crippen LogP contribution is -2.62. The fourth-order valence-corrected chi connectivity index (χ4v) is 2.02. The van der Waals surface area contributed by atoms with Crippen LogP contribution in [0.5, 0.6) is 0 Å². The molecule has 0 aromatic heterocycles. The highest BCUT2D eigenvalue weighted by molar-refractivity contribution is 5.76. The van der Waals surface area contributed by atoms with Gasteiger partial charge in [-0.05, 0) is 0 Å². The maximum Gasteiger partial charge on any atom is 0.364 e. The summed E-state index contributed by atoms with van der Waals surface area (Å²) in [7, 11) is 0. The first kappa shape index (κ1) is 18.3. The molecule has 0 spiro atoms. The van der Waals surface area contributed by atoms with E-state index in [-0.39, 0.29) is 19.4 Å². The first-order valence-corrected chi connectivity index (χ1v) is 6.59. The summed E-state index contributed by atoms with van der Waals surface area (Å²) in [5.74, 6) is -2.66. The summed E-state index contributed by atoms with van der Waals surface area (Å²) in [4.78, 5) is 22.3. The number of carbonyl (C=O) groups excluding carboxylic acids is 1. The van der Waals surface area contributed by atoms with E-state index in [2.05, 4.69) is 11.2 Å². The Labute approximate surface area is 126 Å². The average Bonchev–Trinajstić information content (AvgIpc) is 2.46. The molecule has 6 N–H and O–H groups in total. The van der Waals surface area contributed by atoms with Crippen LogP contribution in [0.4, 0.5) is 0 Å². The number of ether oxygens (including phenoxy) is 1. The van der Waals surface area contributed by atoms with Crippen molar-refractivity contribution in [3.8, 4) is 12.3 Å². The zero-order valence-corrected chi connectivity index (χ0v) is 11.7. The van der Waals surface area contributed by atoms with Crippen LogP contribution in [0.2, 0.25) is 0 Å². The van der Waals surface area contributed by atoms with Crippen molar-refractivity contribution in [3.63, 3.8) is 0 Å². The van der Waals surface area contributed by atoms with Gasteiger partial charge < -0.3 is 35.6 Å². The first-order chi connectivity index (χ1) is 10.2. The van der Waals surface area contributed by atoms with E-state index in [1.165, 1.54) is 0 Å². The molecule has 1 rings (SSSR count). The Morgan fingerprint density at radius 1 is 1.45 bits per heavy atom. The topological polar surface area (TPSA) is 157 Å². The van der Waals surface area contributed by atoms with Crippen LogP contribution < -0.4 is 5.32 Å². The van der Waals surface area contributed by atoms with E-state index in [1.54, 1.807) is 0 Å². The fraction of sp³-hybridized carbons (Fsp3) is 0.692. The monoisotopic (exact) mass is 317 g/mol. The number of carboxylic acid groups (broad SMARTS) is 1. The number of aliphatic carboxylic acids is 1. The Morgan fingerprint density at radius 2 is 2.09 bits per heavy atom. The van der Waals surface area contributed by atoms with Gasteiger partial charge in [0.2, 0.25) is 5.91 Å². The summed E-state index contributed by atoms with van der Waals surface area (Å²) in [5, 5.41) is 50.2. The van der Waals surface area contributed by atoms with Gasteiger partial charge in [0.05, 0.1) is 6.10 Å². The highest BCUT2D eigenvalue weighted by Gasteiger charge is 2.52. The van der Waals surface area contributed by atoms with Crippen LogP contribution in [0.1, 0.15) is 19.3 Å². The number of rotatable bonds is 6. The van der Waals surface area contributed by atoms with E-state index in [0.29, 0.717) is 0 Å². The fourth-order valence-electron chi connectivity index (χ4n) is 2.02. The van der Waals surface area contributed by atoms with Crippen molar-refractivity contribution in [1.82, 2.24) is 5.32 Å². The predicted molar refractivity (Wildman–Crippen MR) is 71.2 cm³/mol. The van der Waals surface area contributed by atoms with Gasteiger partial charge in [-0.3, -0.25) is 4.79 Å². The standard InChI is InChI=1S/C13H19NO8/c1-2-3-4-9(17)14-6-8(16)11-10(18)7(15)5-13(21,22-11)12(19)20/h1,7-8,10-11,15-16,18,21H,3-6H2,(H,14,17)(H,19,20)/t7-,8-,10-,11?,13?/m1/s1. The molecule has 0 aliphatic carbocycles. The molecule has 22 heavy (non-hydrogen) atoms. The Morgan fingerprint density at radius 3 is 2.64 bits per heavy atom. The zero-order chi connectivity index (χ0) is 16.9. The highest BCUT2D eigenvalue weighted by atomic mass is 16.7. The summed E-state index contributed by atoms with van der Waals surface area (Å²) in [5.41, 5.74) is 0. The van der Waals surface area contributed by atoms with E-state index < -0.39 is 48.5 Å². The van der Waals surface area contributed by atoms with Gasteiger partial charge in [0.15, 0.2) is 0 Å². The zero-order valence-electron chi connectivity index (χ0n) is 11.7. The number of carboxylic acids is 1. The second-order valence-electron chi connectivity index (χ2n) is 5.01. The Balaban J connectivity index is 2.66. The maximum atomic E-state index is 11.4. The minimum Gasteiger partial charge on any atom is -0.477 e. The number of terminal acetylenes is 1. The molecule has 9 heteroatoms. The molecule has 2 unspecified atom stereocenters. The molecule has 1 amide bonds. The molecule has 1 aliphatic heterocycles. The van der Waals surface area contributed by atoms with Crippen molar-refractivity contribution in [1.29, 1.82) is 0 Å². The number of hydrogen-bond acceptors (Lipinski definition) is 7. The number of aliphatic hydroxyl groups excluding tert-OH is 3. The van der Waals surface area contributed by atoms with Gasteiger partial charge in [-0.2, -0.15) is 0 Å². The van der Waals surface area contributed by atoms with E-state index >= 15 is 0 Å². The minimum absolute atomic E-state index is 0.0407. The predicted octanol–water partition coefficient (Wildman–Crippen LogP) is -2.84. The van der Waals surface area contributed by atoms with Crippen LogP contribution in [-0.2, 0) is 14.3 Å². The van der Waals surface area contributed by atoms with Gasteiger partial charge in [0, 0.05) is 25.8 Å². The van der Waals surface area contributed by atoms with Crippen molar-refractivity contribution in [2.24, 2.45) is 0 Å². The van der Waals surface area contributed by atoms with Crippen molar-refractivity contribution in [3.05, 3.63) is 0 Å². The SMILES string of the molecule is C#CCCC(=O)NC[C@@H](O)C1OC(O)(C(=O)O)C[C@@H](O)[C@H]1O. The lowest BCUT2D eigenvalue weighted by molar-refractivity contribution is -0.306. The van der Waals surface area contributed by atoms with Crippen molar-refractivity contribution < 1.29 is 39.9 Å². The molecule has 1 aliphatic rings. The first-order valence-electron chi connectivity index (χ1n) is 6.59. The van der Waals surface area contributed by atoms with E-state index in [9.17, 15) is 30.0 Å². The molecule has 0 radical (unpaired) electrons. The maximum absolute atomic E-state index is 11.4. The van der Waals surface area contributed by atoms with Crippen LogP contribution in [0.3, 0.4) is 0 Å². The van der Waals surface area contributed by atoms with Gasteiger partial charge in [-0.15, -0.1) is 12.3 Å². The van der Waals surface area contributed by atoms with Gasteiger partial charge in [0.1, 0.15) is 18.3 Å². The van der Waals surface area contributed by atoms with Gasteiger partial charge in [-0.1, -0.05) is 0 Å². The van der Waals surface area contributed by atoms with Crippen LogP contribution in [0.15, 0.2) is 0 Å². The third-order valence-electron chi connectivity index (χ3n) is 3.27. The van der Waals surface area contributed by atoms with Crippen molar-refractivity contribution >= 4 is 11.9 Å². The summed E-state index contributed by atoms with van der Waals surface area (Å²) >= 11 is 0. The molecule has 1 fully saturated rings. The largest absolute Gasteiger partial charge is 0.477 e. The minimum atomic E-state index is -2.72. The normalized spacial score (nSPS) is 32.8. The molecule has 5 atom stereocenters. The lowest BCUT2D eigenvalue weighted by Gasteiger charge is -2.41. The van der Waals surface area contributed by atoms with Crippen LogP contribution in [-0.4, -0.2) is 74.2 Å². The van der Waals surface area contributed by atoms with E-state index in [4.69, 9.17) is 16.3 Å². The number of amides is 1. The van der Waals surface area contributed by atoms with Crippen LogP contribution in [0, 0.1) is 12.3 Å². The third kappa shape index (κ3) is 4.40. The highest BCUT2D eigenvalue weighted by Crippen LogP contribution is 2.29. The molecule has 1 heterocycles. The Bertz CT molecular complexity index is 461. The number of nitrogens with one attached hydrogen (secondary N) is 1. The van der Waals surface area contributed by atoms with Gasteiger partial charge in [0.25, 0.3) is 5.79 Å². The van der Waals surface area contributed by atoms with Gasteiger partial charge >= 0.3 is 5.97 Å². The second-order valence-corrected chi connectivity index (χ2v) is 5.01. The summed E-state index contributed by atoms with van der Waals surface area (Å²) < 4.78 is 4.81. The molecule has 0 bridgehead atoms. The Hall–Kier alpha value is -1.70. The quantitative estimate of drug-likeness (QED) is 0.286. The number of hydrogen-bond donors (Lipinski definition) is 6. The molecule has 0 saturated carbocycles. The Kier molecular flexibility index (Phi) is 6.28. The second kappa shape index (κ2) is 7.53. The molecule has 1 saturated heterocycles. The summed E-state index contributed by atoms with van der Waals surface area (Å²) in [6, 6.07) is 0. The van der Waals surface area contributed by atoms with Gasteiger partial charge in [-0.25, -0.2) is 4.79 Å². The molecular formula is C13H19NO8. The average molecular weight is 317 g/mol. The molecular weight excluding hydrogens is 298 g/mol. The molecule has 124 valence electrons. The van der Waals surface area contributed by atoms with Crippen LogP contribution >= 0.6 is 0 Å². The van der Waals surface area contributed by atoms with Crippen molar-refractivity contribution in [2.45, 2.75) is 49.5 Å². The van der Waals surface area contributed by atoms with Crippen LogP contribution in [0.25, 0.3) is 0 Å². The lowest BCUT2D eigenvalue weighted by atomic mass is 9.92. The smallest absolute Gasteiger partial charge is 0.364 e. The van der Waals surface area contributed by atoms with Crippen molar-refractivity contribution in [2.75, 3.05) is 6.54 Å².